The Hall–Kier alpha value is -2.00. The van der Waals surface area contributed by atoms with E-state index in [1.807, 2.05) is 27.7 Å². The van der Waals surface area contributed by atoms with Gasteiger partial charge in [-0.05, 0) is 70.7 Å². The number of nitrogens with zero attached hydrogens (tertiary/aromatic N) is 1. The van der Waals surface area contributed by atoms with Crippen molar-refractivity contribution in [1.29, 1.82) is 0 Å². The maximum atomic E-state index is 12.6. The summed E-state index contributed by atoms with van der Waals surface area (Å²) in [5, 5.41) is -0.500. The molecule has 1 saturated heterocycles. The van der Waals surface area contributed by atoms with Crippen LogP contribution in [0.25, 0.3) is 6.08 Å². The van der Waals surface area contributed by atoms with Gasteiger partial charge in [-0.2, -0.15) is 0 Å². The molecule has 0 spiro atoms. The van der Waals surface area contributed by atoms with E-state index < -0.39 is 23.7 Å². The lowest BCUT2D eigenvalue weighted by Gasteiger charge is -2.14. The Labute approximate surface area is 189 Å². The number of thioether (sulfide) groups is 1. The molecule has 1 aromatic rings. The molecule has 0 aliphatic carbocycles. The van der Waals surface area contributed by atoms with Crippen LogP contribution in [-0.2, 0) is 14.3 Å². The maximum absolute atomic E-state index is 12.6. The number of imide groups is 1. The van der Waals surface area contributed by atoms with Crippen molar-refractivity contribution < 1.29 is 28.6 Å². The molecule has 0 radical (unpaired) electrons. The molecule has 2 rings (SSSR count). The standard InChI is InChI=1S/C21H26BrNO6S/c1-5-7-28-19-15(22)8-14(9-16(19)27-6-2)10-17-20(25)23(21(26)30-17)11-18(24)29-12-13(3)4/h8-10,13H,5-7,11-12H2,1-4H3/b17-10-. The number of rotatable bonds is 10. The van der Waals surface area contributed by atoms with Gasteiger partial charge in [0, 0.05) is 0 Å². The number of amides is 2. The first-order valence-electron chi connectivity index (χ1n) is 9.76. The van der Waals surface area contributed by atoms with Gasteiger partial charge >= 0.3 is 5.97 Å². The fourth-order valence-corrected chi connectivity index (χ4v) is 3.91. The summed E-state index contributed by atoms with van der Waals surface area (Å²) in [6, 6.07) is 3.54. The molecular formula is C21H26BrNO6S. The molecule has 0 N–H and O–H groups in total. The van der Waals surface area contributed by atoms with E-state index in [4.69, 9.17) is 14.2 Å². The van der Waals surface area contributed by atoms with Gasteiger partial charge in [0.05, 0.1) is 29.2 Å². The molecule has 1 aliphatic rings. The zero-order valence-corrected chi connectivity index (χ0v) is 19.9. The molecule has 164 valence electrons. The van der Waals surface area contributed by atoms with Crippen molar-refractivity contribution in [2.75, 3.05) is 26.4 Å². The minimum absolute atomic E-state index is 0.172. The third kappa shape index (κ3) is 6.50. The fraction of sp³-hybridized carbons (Fsp3) is 0.476. The molecule has 1 heterocycles. The van der Waals surface area contributed by atoms with Crippen LogP contribution in [0.5, 0.6) is 11.5 Å². The predicted octanol–water partition coefficient (Wildman–Crippen LogP) is 4.87. The van der Waals surface area contributed by atoms with Crippen molar-refractivity contribution in [2.24, 2.45) is 5.92 Å². The normalized spacial score (nSPS) is 15.3. The van der Waals surface area contributed by atoms with Gasteiger partial charge < -0.3 is 14.2 Å². The number of carbonyl (C=O) groups excluding carboxylic acids is 3. The van der Waals surface area contributed by atoms with Crippen LogP contribution >= 0.6 is 27.7 Å². The average Bonchev–Trinajstić information content (AvgIpc) is 2.93. The molecule has 30 heavy (non-hydrogen) atoms. The highest BCUT2D eigenvalue weighted by molar-refractivity contribution is 9.10. The third-order valence-corrected chi connectivity index (χ3v) is 5.31. The van der Waals surface area contributed by atoms with Gasteiger partial charge in [0.1, 0.15) is 6.54 Å². The van der Waals surface area contributed by atoms with Crippen LogP contribution in [0.15, 0.2) is 21.5 Å². The van der Waals surface area contributed by atoms with Crippen LogP contribution in [0.2, 0.25) is 0 Å². The van der Waals surface area contributed by atoms with Gasteiger partial charge in [0.15, 0.2) is 11.5 Å². The summed E-state index contributed by atoms with van der Waals surface area (Å²) < 4.78 is 17.2. The Morgan fingerprint density at radius 1 is 1.23 bits per heavy atom. The van der Waals surface area contributed by atoms with Crippen LogP contribution in [0.4, 0.5) is 4.79 Å². The smallest absolute Gasteiger partial charge is 0.326 e. The van der Waals surface area contributed by atoms with E-state index in [-0.39, 0.29) is 17.4 Å². The number of esters is 1. The lowest BCUT2D eigenvalue weighted by molar-refractivity contribution is -0.147. The van der Waals surface area contributed by atoms with Crippen LogP contribution in [0.3, 0.4) is 0 Å². The highest BCUT2D eigenvalue weighted by Gasteiger charge is 2.36. The molecule has 9 heteroatoms. The Bertz CT molecular complexity index is 839. The summed E-state index contributed by atoms with van der Waals surface area (Å²) in [4.78, 5) is 37.9. The summed E-state index contributed by atoms with van der Waals surface area (Å²) in [6.45, 7) is 8.53. The Kier molecular flexibility index (Phi) is 9.23. The second-order valence-corrected chi connectivity index (χ2v) is 8.80. The largest absolute Gasteiger partial charge is 0.490 e. The van der Waals surface area contributed by atoms with E-state index in [0.29, 0.717) is 34.7 Å². The number of hydrogen-bond donors (Lipinski definition) is 0. The van der Waals surface area contributed by atoms with Crippen molar-refractivity contribution in [1.82, 2.24) is 4.90 Å². The minimum atomic E-state index is -0.606. The second kappa shape index (κ2) is 11.4. The van der Waals surface area contributed by atoms with Gasteiger partial charge in [-0.15, -0.1) is 0 Å². The van der Waals surface area contributed by atoms with Crippen LogP contribution in [0.1, 0.15) is 39.7 Å². The van der Waals surface area contributed by atoms with E-state index in [1.54, 1.807) is 18.2 Å². The van der Waals surface area contributed by atoms with Crippen molar-refractivity contribution in [3.63, 3.8) is 0 Å². The molecule has 0 aromatic heterocycles. The van der Waals surface area contributed by atoms with Gasteiger partial charge in [-0.3, -0.25) is 19.3 Å². The molecule has 7 nitrogen and oxygen atoms in total. The lowest BCUT2D eigenvalue weighted by atomic mass is 10.2. The number of hydrogen-bond acceptors (Lipinski definition) is 7. The van der Waals surface area contributed by atoms with E-state index in [1.165, 1.54) is 0 Å². The maximum Gasteiger partial charge on any atom is 0.326 e. The topological polar surface area (TPSA) is 82.1 Å². The Balaban J connectivity index is 2.21. The highest BCUT2D eigenvalue weighted by Crippen LogP contribution is 2.39. The molecule has 0 saturated carbocycles. The number of benzene rings is 1. The summed E-state index contributed by atoms with van der Waals surface area (Å²) in [7, 11) is 0. The molecular weight excluding hydrogens is 474 g/mol. The summed E-state index contributed by atoms with van der Waals surface area (Å²) in [5.74, 6) is 0.184. The van der Waals surface area contributed by atoms with Crippen molar-refractivity contribution in [3.05, 3.63) is 27.1 Å². The van der Waals surface area contributed by atoms with Crippen LogP contribution in [-0.4, -0.2) is 48.4 Å². The SMILES string of the molecule is CCCOc1c(Br)cc(/C=C2\SC(=O)N(CC(=O)OCC(C)C)C2=O)cc1OCC. The van der Waals surface area contributed by atoms with Crippen LogP contribution < -0.4 is 9.47 Å². The summed E-state index contributed by atoms with van der Waals surface area (Å²) in [6.07, 6.45) is 2.45. The van der Waals surface area contributed by atoms with Crippen molar-refractivity contribution in [2.45, 2.75) is 34.1 Å². The van der Waals surface area contributed by atoms with Crippen molar-refractivity contribution >= 4 is 50.9 Å². The molecule has 2 amide bonds. The lowest BCUT2D eigenvalue weighted by Crippen LogP contribution is -2.34. The summed E-state index contributed by atoms with van der Waals surface area (Å²) >= 11 is 4.27. The molecule has 0 bridgehead atoms. The third-order valence-electron chi connectivity index (χ3n) is 3.82. The van der Waals surface area contributed by atoms with Gasteiger partial charge in [0.2, 0.25) is 0 Å². The van der Waals surface area contributed by atoms with Gasteiger partial charge in [0.25, 0.3) is 11.1 Å². The van der Waals surface area contributed by atoms with Gasteiger partial charge in [-0.25, -0.2) is 0 Å². The first kappa shape index (κ1) is 24.3. The molecule has 0 atom stereocenters. The van der Waals surface area contributed by atoms with E-state index in [9.17, 15) is 14.4 Å². The quantitative estimate of drug-likeness (QED) is 0.335. The minimum Gasteiger partial charge on any atom is -0.490 e. The molecule has 1 aliphatic heterocycles. The summed E-state index contributed by atoms with van der Waals surface area (Å²) in [5.41, 5.74) is 0.669. The van der Waals surface area contributed by atoms with E-state index in [0.717, 1.165) is 23.1 Å². The van der Waals surface area contributed by atoms with Crippen LogP contribution in [0, 0.1) is 5.92 Å². The first-order valence-corrected chi connectivity index (χ1v) is 11.4. The monoisotopic (exact) mass is 499 g/mol. The zero-order chi connectivity index (χ0) is 22.3. The number of ether oxygens (including phenoxy) is 3. The van der Waals surface area contributed by atoms with Crippen molar-refractivity contribution in [3.8, 4) is 11.5 Å². The second-order valence-electron chi connectivity index (χ2n) is 6.96. The Morgan fingerprint density at radius 3 is 2.60 bits per heavy atom. The predicted molar refractivity (Wildman–Crippen MR) is 120 cm³/mol. The molecule has 1 fully saturated rings. The first-order chi connectivity index (χ1) is 14.3. The molecule has 0 unspecified atom stereocenters. The zero-order valence-electron chi connectivity index (χ0n) is 17.5. The average molecular weight is 500 g/mol. The number of carbonyl (C=O) groups is 3. The fourth-order valence-electron chi connectivity index (χ4n) is 2.50. The van der Waals surface area contributed by atoms with E-state index >= 15 is 0 Å². The highest BCUT2D eigenvalue weighted by atomic mass is 79.9. The van der Waals surface area contributed by atoms with E-state index in [2.05, 4.69) is 15.9 Å². The molecule has 1 aromatic carbocycles. The van der Waals surface area contributed by atoms with Gasteiger partial charge in [-0.1, -0.05) is 20.8 Å². The Morgan fingerprint density at radius 2 is 1.97 bits per heavy atom. The number of halogens is 1.